The number of methoxy groups -OCH3 is 1. The minimum atomic E-state index is -0.160. The highest BCUT2D eigenvalue weighted by molar-refractivity contribution is 5.66. The van der Waals surface area contributed by atoms with E-state index >= 15 is 0 Å². The average molecular weight is 391 g/mol. The zero-order valence-electron chi connectivity index (χ0n) is 18.1. The van der Waals surface area contributed by atoms with E-state index in [-0.39, 0.29) is 23.6 Å². The predicted molar refractivity (Wildman–Crippen MR) is 109 cm³/mol. The van der Waals surface area contributed by atoms with Crippen molar-refractivity contribution >= 4 is 5.97 Å². The molecule has 5 unspecified atom stereocenters. The number of aliphatic hydroxyl groups is 1. The highest BCUT2D eigenvalue weighted by Crippen LogP contribution is 2.67. The van der Waals surface area contributed by atoms with E-state index in [1.165, 1.54) is 45.4 Å². The van der Waals surface area contributed by atoms with Crippen molar-refractivity contribution in [3.05, 3.63) is 11.6 Å². The molecule has 4 fully saturated rings. The van der Waals surface area contributed by atoms with Gasteiger partial charge in [0.2, 0.25) is 0 Å². The predicted octanol–water partition coefficient (Wildman–Crippen LogP) is 4.50. The van der Waals surface area contributed by atoms with Gasteiger partial charge in [0.05, 0.1) is 6.10 Å². The Balaban J connectivity index is 1.52. The molecule has 4 saturated carbocycles. The Hall–Kier alpha value is -0.870. The Kier molecular flexibility index (Phi) is 5.41. The number of rotatable bonds is 6. The summed E-state index contributed by atoms with van der Waals surface area (Å²) in [6.45, 7) is 6.50. The minimum Gasteiger partial charge on any atom is -0.463 e. The zero-order chi connectivity index (χ0) is 20.1. The number of aliphatic hydroxyl groups excluding tert-OH is 1. The van der Waals surface area contributed by atoms with Crippen LogP contribution in [-0.2, 0) is 14.3 Å². The maximum absolute atomic E-state index is 11.4. The number of allylic oxidation sites excluding steroid dienone is 1. The van der Waals surface area contributed by atoms with Crippen molar-refractivity contribution in [3.63, 3.8) is 0 Å². The van der Waals surface area contributed by atoms with Gasteiger partial charge in [0.1, 0.15) is 6.10 Å². The molecule has 158 valence electrons. The average Bonchev–Trinajstić information content (AvgIpc) is 3.03. The lowest BCUT2D eigenvalue weighted by atomic mass is 9.61. The van der Waals surface area contributed by atoms with Crippen LogP contribution in [0.4, 0.5) is 0 Å². The number of esters is 1. The number of ether oxygens (including phenoxy) is 2. The van der Waals surface area contributed by atoms with E-state index in [1.54, 1.807) is 5.57 Å². The maximum Gasteiger partial charge on any atom is 0.302 e. The summed E-state index contributed by atoms with van der Waals surface area (Å²) in [6.07, 6.45) is 12.1. The van der Waals surface area contributed by atoms with Crippen molar-refractivity contribution in [1.82, 2.24) is 0 Å². The smallest absolute Gasteiger partial charge is 0.302 e. The summed E-state index contributed by atoms with van der Waals surface area (Å²) in [7, 11) is 1.85. The summed E-state index contributed by atoms with van der Waals surface area (Å²) < 4.78 is 11.6. The molecule has 0 saturated heterocycles. The van der Waals surface area contributed by atoms with Crippen molar-refractivity contribution in [2.45, 2.75) is 84.3 Å². The molecule has 0 aromatic rings. The van der Waals surface area contributed by atoms with Crippen LogP contribution in [0.1, 0.15) is 72.1 Å². The van der Waals surface area contributed by atoms with Crippen molar-refractivity contribution < 1.29 is 19.4 Å². The maximum atomic E-state index is 11.4. The molecule has 0 aromatic carbocycles. The number of carbonyl (C=O) groups is 1. The second-order valence-electron chi connectivity index (χ2n) is 10.5. The van der Waals surface area contributed by atoms with Gasteiger partial charge in [-0.15, -0.1) is 0 Å². The van der Waals surface area contributed by atoms with Crippen LogP contribution in [0.3, 0.4) is 0 Å². The molecule has 0 radical (unpaired) electrons. The first-order valence-corrected chi connectivity index (χ1v) is 11.4. The van der Waals surface area contributed by atoms with E-state index in [0.717, 1.165) is 12.8 Å². The van der Waals surface area contributed by atoms with Crippen molar-refractivity contribution in [2.24, 2.45) is 34.5 Å². The van der Waals surface area contributed by atoms with Gasteiger partial charge in [0, 0.05) is 26.1 Å². The van der Waals surface area contributed by atoms with E-state index in [0.29, 0.717) is 35.7 Å². The molecule has 4 rings (SSSR count). The molecule has 0 bridgehead atoms. The third kappa shape index (κ3) is 3.25. The normalized spacial score (nSPS) is 45.4. The molecule has 0 aromatic heterocycles. The Morgan fingerprint density at radius 2 is 2.14 bits per heavy atom. The highest BCUT2D eigenvalue weighted by Gasteiger charge is 2.65. The molecule has 4 nitrogen and oxygen atoms in total. The van der Waals surface area contributed by atoms with E-state index in [4.69, 9.17) is 9.47 Å². The van der Waals surface area contributed by atoms with E-state index in [9.17, 15) is 9.90 Å². The van der Waals surface area contributed by atoms with E-state index < -0.39 is 0 Å². The van der Waals surface area contributed by atoms with Crippen LogP contribution in [0.5, 0.6) is 0 Å². The fourth-order valence-corrected chi connectivity index (χ4v) is 7.59. The monoisotopic (exact) mass is 390 g/mol. The van der Waals surface area contributed by atoms with Gasteiger partial charge in [-0.2, -0.15) is 0 Å². The number of hydrogen-bond donors (Lipinski definition) is 1. The summed E-state index contributed by atoms with van der Waals surface area (Å²) in [5.74, 6) is 2.13. The van der Waals surface area contributed by atoms with Gasteiger partial charge in [0.15, 0.2) is 0 Å². The van der Waals surface area contributed by atoms with Crippen molar-refractivity contribution in [1.29, 1.82) is 0 Å². The van der Waals surface area contributed by atoms with Gasteiger partial charge < -0.3 is 14.6 Å². The fourth-order valence-electron chi connectivity index (χ4n) is 7.59. The van der Waals surface area contributed by atoms with Crippen LogP contribution in [0.2, 0.25) is 0 Å². The highest BCUT2D eigenvalue weighted by atomic mass is 16.5. The summed E-state index contributed by atoms with van der Waals surface area (Å²) in [4.78, 5) is 11.4. The van der Waals surface area contributed by atoms with E-state index in [1.807, 2.05) is 7.11 Å². The molecule has 0 aliphatic heterocycles. The topological polar surface area (TPSA) is 55.8 Å². The second kappa shape index (κ2) is 7.43. The van der Waals surface area contributed by atoms with Crippen LogP contribution in [0.15, 0.2) is 11.6 Å². The van der Waals surface area contributed by atoms with Crippen LogP contribution in [0, 0.1) is 34.5 Å². The van der Waals surface area contributed by atoms with Gasteiger partial charge in [0.25, 0.3) is 0 Å². The van der Waals surface area contributed by atoms with E-state index in [2.05, 4.69) is 19.9 Å². The molecule has 0 heterocycles. The first kappa shape index (κ1) is 20.4. The summed E-state index contributed by atoms with van der Waals surface area (Å²) in [6, 6.07) is 0. The lowest BCUT2D eigenvalue weighted by Gasteiger charge is -2.44. The first-order valence-electron chi connectivity index (χ1n) is 11.4. The SMILES string of the molecule is COC(/C=C1\CCC[C@@]2(C)C1CCC2[C@H](C)CO)C12CC1C[C@H](OC(C)=O)C2. The Morgan fingerprint density at radius 1 is 1.36 bits per heavy atom. The summed E-state index contributed by atoms with van der Waals surface area (Å²) in [5, 5.41) is 9.75. The lowest BCUT2D eigenvalue weighted by Crippen LogP contribution is -2.37. The molecule has 4 aliphatic carbocycles. The molecule has 1 N–H and O–H groups in total. The molecule has 4 aliphatic rings. The van der Waals surface area contributed by atoms with Crippen molar-refractivity contribution in [3.8, 4) is 0 Å². The van der Waals surface area contributed by atoms with Crippen LogP contribution < -0.4 is 0 Å². The van der Waals surface area contributed by atoms with Gasteiger partial charge in [-0.3, -0.25) is 4.79 Å². The Bertz CT molecular complexity index is 643. The van der Waals surface area contributed by atoms with Gasteiger partial charge >= 0.3 is 5.97 Å². The third-order valence-electron chi connectivity index (χ3n) is 8.97. The minimum absolute atomic E-state index is 0.0742. The molecule has 8 atom stereocenters. The zero-order valence-corrected chi connectivity index (χ0v) is 18.1. The number of carbonyl (C=O) groups excluding carboxylic acids is 1. The Morgan fingerprint density at radius 3 is 2.82 bits per heavy atom. The first-order chi connectivity index (χ1) is 13.3. The molecule has 0 spiro atoms. The summed E-state index contributed by atoms with van der Waals surface area (Å²) >= 11 is 0. The molecular formula is C24H38O4. The van der Waals surface area contributed by atoms with Crippen LogP contribution in [-0.4, -0.2) is 37.0 Å². The fraction of sp³-hybridized carbons (Fsp3) is 0.875. The third-order valence-corrected chi connectivity index (χ3v) is 8.97. The standard InChI is InChI=1S/C24H38O4/c1-15(14-25)20-7-8-21-17(6-5-9-23(20,21)3)10-22(27-4)24-12-18(24)11-19(13-24)28-16(2)26/h10,15,18-22,25H,5-9,11-14H2,1-4H3/b17-10+/t15-,18?,19+,20?,21?,22?,23-,24?/m1/s1. The number of hydrogen-bond acceptors (Lipinski definition) is 4. The van der Waals surface area contributed by atoms with Gasteiger partial charge in [-0.25, -0.2) is 0 Å². The van der Waals surface area contributed by atoms with Crippen LogP contribution >= 0.6 is 0 Å². The second-order valence-corrected chi connectivity index (χ2v) is 10.5. The lowest BCUT2D eigenvalue weighted by molar-refractivity contribution is -0.146. The molecule has 0 amide bonds. The molecular weight excluding hydrogens is 352 g/mol. The Labute approximate surface area is 170 Å². The van der Waals surface area contributed by atoms with Gasteiger partial charge in [-0.05, 0) is 80.5 Å². The van der Waals surface area contributed by atoms with Crippen LogP contribution in [0.25, 0.3) is 0 Å². The quantitative estimate of drug-likeness (QED) is 0.536. The molecule has 4 heteroatoms. The summed E-state index contributed by atoms with van der Waals surface area (Å²) in [5.41, 5.74) is 2.11. The number of fused-ring (bicyclic) bond motifs is 2. The van der Waals surface area contributed by atoms with Gasteiger partial charge in [-0.1, -0.05) is 25.5 Å². The van der Waals surface area contributed by atoms with Crippen molar-refractivity contribution in [2.75, 3.05) is 13.7 Å². The molecule has 28 heavy (non-hydrogen) atoms. The largest absolute Gasteiger partial charge is 0.463 e.